The van der Waals surface area contributed by atoms with Crippen molar-refractivity contribution in [3.63, 3.8) is 0 Å². The molecule has 1 amide bonds. The lowest BCUT2D eigenvalue weighted by Crippen LogP contribution is -2.45. The zero-order valence-electron chi connectivity index (χ0n) is 12.2. The molecule has 2 rings (SSSR count). The Balaban J connectivity index is 1.96. The van der Waals surface area contributed by atoms with Crippen molar-refractivity contribution in [2.45, 2.75) is 38.8 Å². The molecule has 6 heteroatoms. The van der Waals surface area contributed by atoms with Crippen LogP contribution < -0.4 is 5.32 Å². The van der Waals surface area contributed by atoms with Gasteiger partial charge in [-0.25, -0.2) is 0 Å². The van der Waals surface area contributed by atoms with Gasteiger partial charge in [0.25, 0.3) is 5.91 Å². The second-order valence-electron chi connectivity index (χ2n) is 5.10. The number of ether oxygens (including phenoxy) is 1. The Kier molecular flexibility index (Phi) is 5.55. The van der Waals surface area contributed by atoms with Gasteiger partial charge in [-0.05, 0) is 26.3 Å². The summed E-state index contributed by atoms with van der Waals surface area (Å²) < 4.78 is 10.0. The van der Waals surface area contributed by atoms with E-state index in [2.05, 4.69) is 10.5 Å². The van der Waals surface area contributed by atoms with E-state index in [1.807, 2.05) is 11.8 Å². The van der Waals surface area contributed by atoms with Crippen LogP contribution in [0.1, 0.15) is 42.4 Å². The molecule has 0 saturated carbocycles. The third kappa shape index (κ3) is 3.80. The second-order valence-corrected chi connectivity index (χ2v) is 5.10. The Morgan fingerprint density at radius 1 is 1.60 bits per heavy atom. The summed E-state index contributed by atoms with van der Waals surface area (Å²) in [6.45, 7) is 4.75. The SMILES string of the molecule is CCN(CC1CCCCN1)C(=O)c1cc(COC)on1. The van der Waals surface area contributed by atoms with E-state index in [0.717, 1.165) is 19.5 Å². The largest absolute Gasteiger partial charge is 0.377 e. The van der Waals surface area contributed by atoms with E-state index in [9.17, 15) is 4.79 Å². The molecule has 6 nitrogen and oxygen atoms in total. The summed E-state index contributed by atoms with van der Waals surface area (Å²) in [5.41, 5.74) is 0.356. The fourth-order valence-corrected chi connectivity index (χ4v) is 2.49. The predicted molar refractivity (Wildman–Crippen MR) is 74.4 cm³/mol. The number of aromatic nitrogens is 1. The maximum absolute atomic E-state index is 12.4. The smallest absolute Gasteiger partial charge is 0.276 e. The van der Waals surface area contributed by atoms with Crippen molar-refractivity contribution in [2.24, 2.45) is 0 Å². The maximum atomic E-state index is 12.4. The highest BCUT2D eigenvalue weighted by Gasteiger charge is 2.22. The van der Waals surface area contributed by atoms with E-state index in [-0.39, 0.29) is 5.91 Å². The lowest BCUT2D eigenvalue weighted by molar-refractivity contribution is 0.0730. The van der Waals surface area contributed by atoms with Crippen LogP contribution >= 0.6 is 0 Å². The number of hydrogen-bond donors (Lipinski definition) is 1. The van der Waals surface area contributed by atoms with Gasteiger partial charge in [-0.2, -0.15) is 0 Å². The molecule has 1 fully saturated rings. The molecule has 1 aromatic heterocycles. The summed E-state index contributed by atoms with van der Waals surface area (Å²) in [7, 11) is 1.58. The Labute approximate surface area is 119 Å². The third-order valence-corrected chi connectivity index (χ3v) is 3.59. The number of hydrogen-bond acceptors (Lipinski definition) is 5. The van der Waals surface area contributed by atoms with Crippen molar-refractivity contribution in [1.29, 1.82) is 0 Å². The standard InChI is InChI=1S/C14H23N3O3/c1-3-17(9-11-6-4-5-7-15-11)14(18)13-8-12(10-19-2)20-16-13/h8,11,15H,3-7,9-10H2,1-2H3. The Hall–Kier alpha value is -1.40. The monoisotopic (exact) mass is 281 g/mol. The van der Waals surface area contributed by atoms with Gasteiger partial charge in [0.1, 0.15) is 6.61 Å². The van der Waals surface area contributed by atoms with Crippen LogP contribution in [-0.4, -0.2) is 48.7 Å². The number of likely N-dealkylation sites (N-methyl/N-ethyl adjacent to an activating group) is 1. The highest BCUT2D eigenvalue weighted by molar-refractivity contribution is 5.92. The van der Waals surface area contributed by atoms with Crippen LogP contribution in [0.5, 0.6) is 0 Å². The molecule has 0 bridgehead atoms. The third-order valence-electron chi connectivity index (χ3n) is 3.59. The molecule has 1 N–H and O–H groups in total. The summed E-state index contributed by atoms with van der Waals surface area (Å²) in [6.07, 6.45) is 3.57. The quantitative estimate of drug-likeness (QED) is 0.854. The second kappa shape index (κ2) is 7.40. The Morgan fingerprint density at radius 2 is 2.45 bits per heavy atom. The summed E-state index contributed by atoms with van der Waals surface area (Å²) in [4.78, 5) is 14.2. The molecule has 1 aromatic rings. The first-order valence-electron chi connectivity index (χ1n) is 7.21. The van der Waals surface area contributed by atoms with Crippen LogP contribution in [0.4, 0.5) is 0 Å². The predicted octanol–water partition coefficient (Wildman–Crippen LogP) is 1.43. The number of carbonyl (C=O) groups is 1. The number of amides is 1. The first kappa shape index (κ1) is 15.0. The van der Waals surface area contributed by atoms with E-state index in [1.54, 1.807) is 13.2 Å². The highest BCUT2D eigenvalue weighted by atomic mass is 16.5. The van der Waals surface area contributed by atoms with Gasteiger partial charge in [0.15, 0.2) is 11.5 Å². The van der Waals surface area contributed by atoms with Crippen molar-refractivity contribution in [3.05, 3.63) is 17.5 Å². The number of carbonyl (C=O) groups excluding carboxylic acids is 1. The molecule has 0 aromatic carbocycles. The normalized spacial score (nSPS) is 19.0. The number of nitrogens with one attached hydrogen (secondary N) is 1. The van der Waals surface area contributed by atoms with Gasteiger partial charge in [0.05, 0.1) is 0 Å². The van der Waals surface area contributed by atoms with Crippen molar-refractivity contribution < 1.29 is 14.1 Å². The molecule has 1 aliphatic heterocycles. The molecule has 1 atom stereocenters. The topological polar surface area (TPSA) is 67.6 Å². The highest BCUT2D eigenvalue weighted by Crippen LogP contribution is 2.12. The lowest BCUT2D eigenvalue weighted by atomic mass is 10.0. The number of methoxy groups -OCH3 is 1. The van der Waals surface area contributed by atoms with E-state index in [0.29, 0.717) is 30.6 Å². The van der Waals surface area contributed by atoms with Gasteiger partial charge >= 0.3 is 0 Å². The molecule has 0 radical (unpaired) electrons. The molecule has 1 aliphatic rings. The van der Waals surface area contributed by atoms with Gasteiger partial charge in [-0.15, -0.1) is 0 Å². The van der Waals surface area contributed by atoms with Crippen LogP contribution in [0.25, 0.3) is 0 Å². The Bertz CT molecular complexity index is 427. The molecular weight excluding hydrogens is 258 g/mol. The van der Waals surface area contributed by atoms with Crippen molar-refractivity contribution in [3.8, 4) is 0 Å². The molecule has 20 heavy (non-hydrogen) atoms. The van der Waals surface area contributed by atoms with E-state index < -0.39 is 0 Å². The zero-order chi connectivity index (χ0) is 14.4. The lowest BCUT2D eigenvalue weighted by Gasteiger charge is -2.29. The van der Waals surface area contributed by atoms with Crippen molar-refractivity contribution in [2.75, 3.05) is 26.7 Å². The van der Waals surface area contributed by atoms with Crippen LogP contribution in [-0.2, 0) is 11.3 Å². The van der Waals surface area contributed by atoms with Crippen molar-refractivity contribution in [1.82, 2.24) is 15.4 Å². The molecule has 1 unspecified atom stereocenters. The van der Waals surface area contributed by atoms with Crippen LogP contribution in [0.15, 0.2) is 10.6 Å². The van der Waals surface area contributed by atoms with E-state index in [4.69, 9.17) is 9.26 Å². The number of nitrogens with zero attached hydrogens (tertiary/aromatic N) is 2. The minimum Gasteiger partial charge on any atom is -0.377 e. The summed E-state index contributed by atoms with van der Waals surface area (Å²) >= 11 is 0. The molecule has 2 heterocycles. The zero-order valence-corrected chi connectivity index (χ0v) is 12.2. The minimum atomic E-state index is -0.0778. The van der Waals surface area contributed by atoms with Gasteiger partial charge < -0.3 is 19.5 Å². The molecule has 1 saturated heterocycles. The van der Waals surface area contributed by atoms with Crippen LogP contribution in [0, 0.1) is 0 Å². The fraction of sp³-hybridized carbons (Fsp3) is 0.714. The van der Waals surface area contributed by atoms with Gasteiger partial charge in [-0.3, -0.25) is 4.79 Å². The summed E-state index contributed by atoms with van der Waals surface area (Å²) in [6, 6.07) is 2.04. The fourth-order valence-electron chi connectivity index (χ4n) is 2.49. The first-order chi connectivity index (χ1) is 9.74. The Morgan fingerprint density at radius 3 is 3.10 bits per heavy atom. The van der Waals surface area contributed by atoms with Crippen LogP contribution in [0.2, 0.25) is 0 Å². The molecular formula is C14H23N3O3. The molecule has 0 aliphatic carbocycles. The van der Waals surface area contributed by atoms with Crippen molar-refractivity contribution >= 4 is 5.91 Å². The first-order valence-corrected chi connectivity index (χ1v) is 7.21. The van der Waals surface area contributed by atoms with Gasteiger partial charge in [0.2, 0.25) is 0 Å². The number of piperidine rings is 1. The number of rotatable bonds is 6. The van der Waals surface area contributed by atoms with Gasteiger partial charge in [0, 0.05) is 32.3 Å². The summed E-state index contributed by atoms with van der Waals surface area (Å²) in [5, 5.41) is 7.29. The summed E-state index contributed by atoms with van der Waals surface area (Å²) in [5.74, 6) is 0.494. The van der Waals surface area contributed by atoms with Gasteiger partial charge in [-0.1, -0.05) is 11.6 Å². The van der Waals surface area contributed by atoms with E-state index in [1.165, 1.54) is 12.8 Å². The van der Waals surface area contributed by atoms with E-state index >= 15 is 0 Å². The average molecular weight is 281 g/mol. The average Bonchev–Trinajstić information content (AvgIpc) is 2.94. The van der Waals surface area contributed by atoms with Crippen LogP contribution in [0.3, 0.4) is 0 Å². The molecule has 112 valence electrons. The molecule has 0 spiro atoms. The maximum Gasteiger partial charge on any atom is 0.276 e. The minimum absolute atomic E-state index is 0.0778.